The molecule has 10 aromatic rings. The lowest BCUT2D eigenvalue weighted by atomic mass is 9.65. The van der Waals surface area contributed by atoms with E-state index in [1.165, 1.54) is 114 Å². The van der Waals surface area contributed by atoms with Gasteiger partial charge in [0, 0.05) is 36.5 Å². The maximum atomic E-state index is 2.57. The highest BCUT2D eigenvalue weighted by atomic mass is 32.2. The van der Waals surface area contributed by atoms with Gasteiger partial charge in [0.15, 0.2) is 0 Å². The molecule has 2 spiro atoms. The van der Waals surface area contributed by atoms with E-state index in [2.05, 4.69) is 242 Å². The summed E-state index contributed by atoms with van der Waals surface area (Å²) in [5.74, 6) is 0. The minimum atomic E-state index is -0.498. The third kappa shape index (κ3) is 5.40. The van der Waals surface area contributed by atoms with Crippen LogP contribution >= 0.6 is 23.5 Å². The number of anilines is 3. The van der Waals surface area contributed by atoms with Crippen LogP contribution in [0.15, 0.2) is 262 Å². The molecule has 0 N–H and O–H groups in total. The minimum Gasteiger partial charge on any atom is -0.310 e. The summed E-state index contributed by atoms with van der Waals surface area (Å²) in [5, 5.41) is 2.50. The molecule has 0 radical (unpaired) electrons. The lowest BCUT2D eigenvalue weighted by Gasteiger charge is -2.42. The van der Waals surface area contributed by atoms with Crippen molar-refractivity contribution in [2.45, 2.75) is 38.4 Å². The van der Waals surface area contributed by atoms with Crippen LogP contribution in [0.3, 0.4) is 0 Å². The molecule has 3 aliphatic carbocycles. The van der Waals surface area contributed by atoms with Crippen molar-refractivity contribution in [1.82, 2.24) is 0 Å². The van der Waals surface area contributed by atoms with E-state index in [1.807, 2.05) is 23.5 Å². The lowest BCUT2D eigenvalue weighted by molar-refractivity contribution is 0.673. The second-order valence-electron chi connectivity index (χ2n) is 18.9. The first-order chi connectivity index (χ1) is 34.2. The highest BCUT2D eigenvalue weighted by Crippen LogP contribution is 2.66. The van der Waals surface area contributed by atoms with E-state index in [4.69, 9.17) is 0 Å². The smallest absolute Gasteiger partial charge is 0.0736 e. The molecule has 0 saturated heterocycles. The molecule has 2 aliphatic heterocycles. The van der Waals surface area contributed by atoms with Crippen LogP contribution < -0.4 is 4.90 Å². The molecule has 5 aliphatic rings. The van der Waals surface area contributed by atoms with Crippen LogP contribution in [0.4, 0.5) is 17.1 Å². The molecule has 1 atom stereocenters. The molecule has 3 heteroatoms. The Bertz CT molecular complexity index is 3830. The zero-order valence-electron chi connectivity index (χ0n) is 37.7. The largest absolute Gasteiger partial charge is 0.310 e. The summed E-state index contributed by atoms with van der Waals surface area (Å²) in [4.78, 5) is 7.93. The highest BCUT2D eigenvalue weighted by Gasteiger charge is 2.53. The predicted octanol–water partition coefficient (Wildman–Crippen LogP) is 17.8. The van der Waals surface area contributed by atoms with Gasteiger partial charge in [0.1, 0.15) is 0 Å². The summed E-state index contributed by atoms with van der Waals surface area (Å²) < 4.78 is 0. The average Bonchev–Trinajstić information content (AvgIpc) is 3.87. The second-order valence-corrected chi connectivity index (χ2v) is 21.1. The van der Waals surface area contributed by atoms with E-state index in [1.54, 1.807) is 0 Å². The first kappa shape index (κ1) is 39.4. The van der Waals surface area contributed by atoms with Crippen LogP contribution in [0.2, 0.25) is 0 Å². The number of rotatable bonds is 4. The van der Waals surface area contributed by atoms with Gasteiger partial charge in [0.05, 0.1) is 16.5 Å². The first-order valence-corrected chi connectivity index (χ1v) is 25.8. The van der Waals surface area contributed by atoms with Gasteiger partial charge in [0.25, 0.3) is 0 Å². The Hall–Kier alpha value is -7.56. The number of hydrogen-bond acceptors (Lipinski definition) is 3. The molecule has 0 amide bonds. The monoisotopic (exact) mass is 913 g/mol. The van der Waals surface area contributed by atoms with Crippen LogP contribution in [-0.2, 0) is 10.8 Å². The van der Waals surface area contributed by atoms with Crippen molar-refractivity contribution in [2.24, 2.45) is 0 Å². The molecule has 10 aromatic carbocycles. The fraction of sp³-hybridized carbons (Fsp3) is 0.0606. The molecule has 324 valence electrons. The van der Waals surface area contributed by atoms with Gasteiger partial charge >= 0.3 is 0 Å². The summed E-state index contributed by atoms with van der Waals surface area (Å²) in [6, 6.07) is 85.2. The summed E-state index contributed by atoms with van der Waals surface area (Å²) >= 11 is 3.84. The van der Waals surface area contributed by atoms with E-state index >= 15 is 0 Å². The maximum absolute atomic E-state index is 2.57. The summed E-state index contributed by atoms with van der Waals surface area (Å²) in [6.45, 7) is 0. The molecule has 0 aromatic heterocycles. The van der Waals surface area contributed by atoms with Crippen molar-refractivity contribution in [3.8, 4) is 33.4 Å². The average molecular weight is 914 g/mol. The Morgan fingerprint density at radius 1 is 0.377 bits per heavy atom. The van der Waals surface area contributed by atoms with Crippen LogP contribution in [0.25, 0.3) is 44.2 Å². The predicted molar refractivity (Wildman–Crippen MR) is 289 cm³/mol. The van der Waals surface area contributed by atoms with Crippen molar-refractivity contribution in [3.63, 3.8) is 0 Å². The Balaban J connectivity index is 1.01. The number of hydrogen-bond donors (Lipinski definition) is 0. The highest BCUT2D eigenvalue weighted by molar-refractivity contribution is 8.03. The molecular weight excluding hydrogens is 871 g/mol. The topological polar surface area (TPSA) is 3.24 Å². The Kier molecular flexibility index (Phi) is 8.56. The van der Waals surface area contributed by atoms with Gasteiger partial charge in [-0.1, -0.05) is 206 Å². The van der Waals surface area contributed by atoms with E-state index in [0.29, 0.717) is 0 Å². The maximum Gasteiger partial charge on any atom is 0.0736 e. The van der Waals surface area contributed by atoms with Gasteiger partial charge in [0.2, 0.25) is 0 Å². The Labute approximate surface area is 411 Å². The number of nitrogens with zero attached hydrogens (tertiary/aromatic N) is 1. The number of fused-ring (bicyclic) bond motifs is 18. The van der Waals surface area contributed by atoms with Gasteiger partial charge in [-0.2, -0.15) is 0 Å². The summed E-state index contributed by atoms with van der Waals surface area (Å²) in [5.41, 5.74) is 21.2. The quantitative estimate of drug-likeness (QED) is 0.173. The van der Waals surface area contributed by atoms with Gasteiger partial charge in [-0.3, -0.25) is 0 Å². The van der Waals surface area contributed by atoms with Gasteiger partial charge in [-0.15, -0.1) is 0 Å². The standard InChI is InChI=1S/C66H43NS2/c1-2-17-44-40-45(33-32-42(44)16-1)43-34-36-46(37-35-43)67(47-38-39-49-48-18-3-5-20-51(48)66(58(49)41-47)55-24-9-13-30-62(55)69-63-31-14-10-25-56(63)66)59-27-15-26-57-64(59)50-19-4-6-21-52(50)65(57)53-22-7-11-28-60(53)68-61-29-12-8-23-54(61)65/h1-7,9-22,24-41H,8,23H2. The summed E-state index contributed by atoms with van der Waals surface area (Å²) in [6.07, 6.45) is 6.84. The molecule has 0 bridgehead atoms. The fourth-order valence-corrected chi connectivity index (χ4v) is 15.4. The SMILES string of the molecule is C1=CC2=C(CC1)C1(c3ccccc3S2)c2ccccc2-c2c(N(c3ccc(-c4ccc5ccccc5c4)cc3)c3ccc4c(c3)C3(c5ccccc5Sc5ccccc53)c3ccccc3-4)cccc21. The Morgan fingerprint density at radius 3 is 1.70 bits per heavy atom. The zero-order valence-corrected chi connectivity index (χ0v) is 39.3. The molecule has 15 rings (SSSR count). The molecule has 1 nitrogen and oxygen atoms in total. The number of thioether (sulfide) groups is 1. The molecule has 0 saturated carbocycles. The Morgan fingerprint density at radius 2 is 0.942 bits per heavy atom. The van der Waals surface area contributed by atoms with Gasteiger partial charge < -0.3 is 4.90 Å². The third-order valence-electron chi connectivity index (χ3n) is 15.7. The van der Waals surface area contributed by atoms with Crippen LogP contribution in [-0.4, -0.2) is 0 Å². The van der Waals surface area contributed by atoms with E-state index in [9.17, 15) is 0 Å². The number of allylic oxidation sites excluding steroid dienone is 3. The molecule has 2 heterocycles. The van der Waals surface area contributed by atoms with E-state index in [0.717, 1.165) is 24.2 Å². The summed E-state index contributed by atoms with van der Waals surface area (Å²) in [7, 11) is 0. The van der Waals surface area contributed by atoms with Crippen molar-refractivity contribution < 1.29 is 0 Å². The van der Waals surface area contributed by atoms with Crippen LogP contribution in [0.1, 0.15) is 51.8 Å². The lowest BCUT2D eigenvalue weighted by Crippen LogP contribution is -2.33. The zero-order chi connectivity index (χ0) is 45.3. The van der Waals surface area contributed by atoms with Gasteiger partial charge in [-0.25, -0.2) is 0 Å². The molecule has 0 fully saturated rings. The second kappa shape index (κ2) is 15.0. The van der Waals surface area contributed by atoms with Crippen molar-refractivity contribution in [2.75, 3.05) is 4.90 Å². The van der Waals surface area contributed by atoms with Crippen LogP contribution in [0.5, 0.6) is 0 Å². The fourth-order valence-electron chi connectivity index (χ4n) is 12.9. The van der Waals surface area contributed by atoms with E-state index in [-0.39, 0.29) is 0 Å². The molecular formula is C66H43NS2. The number of benzene rings is 10. The van der Waals surface area contributed by atoms with E-state index < -0.39 is 10.8 Å². The minimum absolute atomic E-state index is 0.410. The first-order valence-electron chi connectivity index (χ1n) is 24.1. The third-order valence-corrected chi connectivity index (χ3v) is 18.0. The van der Waals surface area contributed by atoms with Gasteiger partial charge in [-0.05, 0) is 151 Å². The normalized spacial score (nSPS) is 17.1. The molecule has 1 unspecified atom stereocenters. The van der Waals surface area contributed by atoms with Crippen LogP contribution in [0, 0.1) is 0 Å². The van der Waals surface area contributed by atoms with Crippen molar-refractivity contribution in [3.05, 3.63) is 286 Å². The molecule has 69 heavy (non-hydrogen) atoms. The van der Waals surface area contributed by atoms with Crippen molar-refractivity contribution >= 4 is 51.4 Å². The van der Waals surface area contributed by atoms with Crippen molar-refractivity contribution in [1.29, 1.82) is 0 Å².